The van der Waals surface area contributed by atoms with Crippen LogP contribution in [0.4, 0.5) is 0 Å². The molecule has 3 nitrogen and oxygen atoms in total. The van der Waals surface area contributed by atoms with Crippen molar-refractivity contribution in [3.63, 3.8) is 0 Å². The van der Waals surface area contributed by atoms with Crippen LogP contribution in [0.2, 0.25) is 0 Å². The monoisotopic (exact) mass is 211 g/mol. The molecular formula is C12H21NO2. The molecule has 0 aromatic rings. The van der Waals surface area contributed by atoms with Crippen LogP contribution in [0.1, 0.15) is 45.4 Å². The van der Waals surface area contributed by atoms with E-state index in [-0.39, 0.29) is 24.0 Å². The highest BCUT2D eigenvalue weighted by Gasteiger charge is 2.27. The van der Waals surface area contributed by atoms with Gasteiger partial charge in [-0.1, -0.05) is 12.8 Å². The van der Waals surface area contributed by atoms with Crippen molar-refractivity contribution in [2.45, 2.75) is 57.6 Å². The Morgan fingerprint density at radius 3 is 2.60 bits per heavy atom. The predicted octanol–water partition coefficient (Wildman–Crippen LogP) is 1.86. The Labute approximate surface area is 91.6 Å². The lowest BCUT2D eigenvalue weighted by atomic mass is 10.1. The minimum Gasteiger partial charge on any atom is -0.376 e. The molecule has 0 spiro atoms. The first-order valence-electron chi connectivity index (χ1n) is 6.19. The molecule has 0 bridgehead atoms. The molecule has 2 fully saturated rings. The van der Waals surface area contributed by atoms with Gasteiger partial charge in [0.1, 0.15) is 0 Å². The molecule has 0 aromatic carbocycles. The third-order valence-electron chi connectivity index (χ3n) is 3.62. The SMILES string of the molecule is C[C@@H](NC(=O)C1CCCC1)[C@H]1CCCO1. The maximum Gasteiger partial charge on any atom is 0.223 e. The molecule has 86 valence electrons. The fourth-order valence-corrected chi connectivity index (χ4v) is 2.62. The minimum absolute atomic E-state index is 0.181. The number of rotatable bonds is 3. The van der Waals surface area contributed by atoms with Gasteiger partial charge in [-0.25, -0.2) is 0 Å². The first-order valence-corrected chi connectivity index (χ1v) is 6.19. The summed E-state index contributed by atoms with van der Waals surface area (Å²) in [6.45, 7) is 2.91. The Morgan fingerprint density at radius 2 is 2.00 bits per heavy atom. The average molecular weight is 211 g/mol. The van der Waals surface area contributed by atoms with Crippen LogP contribution >= 0.6 is 0 Å². The molecule has 3 heteroatoms. The van der Waals surface area contributed by atoms with Gasteiger partial charge in [-0.15, -0.1) is 0 Å². The van der Waals surface area contributed by atoms with Crippen LogP contribution < -0.4 is 5.32 Å². The lowest BCUT2D eigenvalue weighted by Crippen LogP contribution is -2.43. The summed E-state index contributed by atoms with van der Waals surface area (Å²) in [6.07, 6.45) is 7.04. The maximum atomic E-state index is 11.8. The fourth-order valence-electron chi connectivity index (χ4n) is 2.62. The van der Waals surface area contributed by atoms with Crippen molar-refractivity contribution >= 4 is 5.91 Å². The van der Waals surface area contributed by atoms with E-state index < -0.39 is 0 Å². The summed E-state index contributed by atoms with van der Waals surface area (Å²) >= 11 is 0. The molecule has 1 saturated heterocycles. The quantitative estimate of drug-likeness (QED) is 0.773. The van der Waals surface area contributed by atoms with Gasteiger partial charge in [0.2, 0.25) is 5.91 Å². The molecule has 1 heterocycles. The summed E-state index contributed by atoms with van der Waals surface area (Å²) < 4.78 is 5.56. The Kier molecular flexibility index (Phi) is 3.62. The second-order valence-electron chi connectivity index (χ2n) is 4.83. The van der Waals surface area contributed by atoms with E-state index in [9.17, 15) is 4.79 Å². The third kappa shape index (κ3) is 2.71. The molecule has 2 rings (SSSR count). The summed E-state index contributed by atoms with van der Waals surface area (Å²) in [5.41, 5.74) is 0. The van der Waals surface area contributed by atoms with Gasteiger partial charge in [-0.05, 0) is 32.6 Å². The predicted molar refractivity (Wildman–Crippen MR) is 58.5 cm³/mol. The largest absolute Gasteiger partial charge is 0.376 e. The molecule has 1 amide bonds. The fraction of sp³-hybridized carbons (Fsp3) is 0.917. The summed E-state index contributed by atoms with van der Waals surface area (Å²) in [7, 11) is 0. The van der Waals surface area contributed by atoms with E-state index in [1.165, 1.54) is 12.8 Å². The van der Waals surface area contributed by atoms with Crippen molar-refractivity contribution in [1.29, 1.82) is 0 Å². The second-order valence-corrected chi connectivity index (χ2v) is 4.83. The Bertz CT molecular complexity index is 218. The highest BCUT2D eigenvalue weighted by Crippen LogP contribution is 2.25. The number of amides is 1. The van der Waals surface area contributed by atoms with E-state index in [1.54, 1.807) is 0 Å². The Hall–Kier alpha value is -0.570. The number of hydrogen-bond acceptors (Lipinski definition) is 2. The summed E-state index contributed by atoms with van der Waals surface area (Å²) in [4.78, 5) is 11.8. The molecule has 0 radical (unpaired) electrons. The molecule has 1 saturated carbocycles. The van der Waals surface area contributed by atoms with Crippen LogP contribution in [-0.2, 0) is 9.53 Å². The van der Waals surface area contributed by atoms with E-state index in [0.717, 1.165) is 32.3 Å². The normalized spacial score (nSPS) is 29.3. The lowest BCUT2D eigenvalue weighted by Gasteiger charge is -2.21. The van der Waals surface area contributed by atoms with Crippen molar-refractivity contribution in [3.05, 3.63) is 0 Å². The van der Waals surface area contributed by atoms with Gasteiger partial charge in [0.05, 0.1) is 12.1 Å². The summed E-state index contributed by atoms with van der Waals surface area (Å²) in [5.74, 6) is 0.518. The first kappa shape index (κ1) is 10.9. The standard InChI is InChI=1S/C12H21NO2/c1-9(11-7-4-8-15-11)13-12(14)10-5-2-3-6-10/h9-11H,2-8H2,1H3,(H,13,14)/t9-,11-/m1/s1. The van der Waals surface area contributed by atoms with Crippen molar-refractivity contribution in [3.8, 4) is 0 Å². The highest BCUT2D eigenvalue weighted by atomic mass is 16.5. The van der Waals surface area contributed by atoms with Crippen LogP contribution in [0.15, 0.2) is 0 Å². The molecule has 0 aromatic heterocycles. The number of hydrogen-bond donors (Lipinski definition) is 1. The van der Waals surface area contributed by atoms with Crippen molar-refractivity contribution in [2.24, 2.45) is 5.92 Å². The van der Waals surface area contributed by atoms with Gasteiger partial charge in [-0.2, -0.15) is 0 Å². The zero-order valence-corrected chi connectivity index (χ0v) is 9.50. The molecule has 2 atom stereocenters. The number of carbonyl (C=O) groups is 1. The summed E-state index contributed by atoms with van der Waals surface area (Å²) in [6, 6.07) is 0.181. The van der Waals surface area contributed by atoms with Crippen molar-refractivity contribution in [1.82, 2.24) is 5.32 Å². The van der Waals surface area contributed by atoms with Gasteiger partial charge in [0.25, 0.3) is 0 Å². The third-order valence-corrected chi connectivity index (χ3v) is 3.62. The van der Waals surface area contributed by atoms with E-state index in [1.807, 2.05) is 0 Å². The van der Waals surface area contributed by atoms with Crippen LogP contribution in [-0.4, -0.2) is 24.7 Å². The van der Waals surface area contributed by atoms with E-state index >= 15 is 0 Å². The van der Waals surface area contributed by atoms with E-state index in [0.29, 0.717) is 0 Å². The molecule has 1 aliphatic heterocycles. The first-order chi connectivity index (χ1) is 7.27. The van der Waals surface area contributed by atoms with Crippen LogP contribution in [0.5, 0.6) is 0 Å². The van der Waals surface area contributed by atoms with Crippen molar-refractivity contribution < 1.29 is 9.53 Å². The topological polar surface area (TPSA) is 38.3 Å². The average Bonchev–Trinajstić information content (AvgIpc) is 2.91. The Balaban J connectivity index is 1.77. The highest BCUT2D eigenvalue weighted by molar-refractivity contribution is 5.79. The van der Waals surface area contributed by atoms with E-state index in [4.69, 9.17) is 4.74 Å². The van der Waals surface area contributed by atoms with Gasteiger partial charge in [0.15, 0.2) is 0 Å². The summed E-state index contributed by atoms with van der Waals surface area (Å²) in [5, 5.41) is 3.10. The molecular weight excluding hydrogens is 190 g/mol. The number of nitrogens with one attached hydrogen (secondary N) is 1. The number of ether oxygens (including phenoxy) is 1. The molecule has 1 aliphatic carbocycles. The van der Waals surface area contributed by atoms with E-state index in [2.05, 4.69) is 12.2 Å². The van der Waals surface area contributed by atoms with Gasteiger partial charge in [-0.3, -0.25) is 4.79 Å². The maximum absolute atomic E-state index is 11.8. The lowest BCUT2D eigenvalue weighted by molar-refractivity contribution is -0.126. The van der Waals surface area contributed by atoms with Crippen LogP contribution in [0, 0.1) is 5.92 Å². The molecule has 1 N–H and O–H groups in total. The number of carbonyl (C=O) groups excluding carboxylic acids is 1. The van der Waals surface area contributed by atoms with Gasteiger partial charge in [0, 0.05) is 12.5 Å². The second kappa shape index (κ2) is 4.97. The zero-order chi connectivity index (χ0) is 10.7. The molecule has 0 unspecified atom stereocenters. The zero-order valence-electron chi connectivity index (χ0n) is 9.50. The van der Waals surface area contributed by atoms with Crippen molar-refractivity contribution in [2.75, 3.05) is 6.61 Å². The van der Waals surface area contributed by atoms with Gasteiger partial charge < -0.3 is 10.1 Å². The smallest absolute Gasteiger partial charge is 0.223 e. The minimum atomic E-state index is 0.181. The Morgan fingerprint density at radius 1 is 1.27 bits per heavy atom. The van der Waals surface area contributed by atoms with Gasteiger partial charge >= 0.3 is 0 Å². The van der Waals surface area contributed by atoms with Crippen LogP contribution in [0.25, 0.3) is 0 Å². The van der Waals surface area contributed by atoms with Crippen LogP contribution in [0.3, 0.4) is 0 Å². The molecule has 15 heavy (non-hydrogen) atoms. The molecule has 2 aliphatic rings.